The number of hydrogen-bond acceptors (Lipinski definition) is 3. The molecule has 2 aromatic heterocycles. The van der Waals surface area contributed by atoms with Gasteiger partial charge in [-0.05, 0) is 42.0 Å². The highest BCUT2D eigenvalue weighted by Gasteiger charge is 2.46. The van der Waals surface area contributed by atoms with Crippen molar-refractivity contribution in [2.75, 3.05) is 13.1 Å². The summed E-state index contributed by atoms with van der Waals surface area (Å²) in [6.45, 7) is 1.29. The SMILES string of the molecule is O=C(c1ccco1)N1C[C@@H]2[C@H](C1)n1cccc1C(=O)N2Cc1ccc(F)cc1. The van der Waals surface area contributed by atoms with E-state index >= 15 is 0 Å². The second kappa shape index (κ2) is 6.37. The molecule has 2 aliphatic heterocycles. The molecule has 1 aromatic carbocycles. The molecule has 28 heavy (non-hydrogen) atoms. The summed E-state index contributed by atoms with van der Waals surface area (Å²) >= 11 is 0. The van der Waals surface area contributed by atoms with Crippen molar-refractivity contribution in [3.05, 3.63) is 83.8 Å². The Bertz CT molecular complexity index is 1030. The molecule has 2 amide bonds. The first-order valence-electron chi connectivity index (χ1n) is 9.17. The highest BCUT2D eigenvalue weighted by atomic mass is 19.1. The summed E-state index contributed by atoms with van der Waals surface area (Å²) in [6.07, 6.45) is 3.37. The molecule has 0 unspecified atom stereocenters. The van der Waals surface area contributed by atoms with E-state index in [1.165, 1.54) is 18.4 Å². The maximum atomic E-state index is 13.3. The zero-order chi connectivity index (χ0) is 19.3. The average molecular weight is 379 g/mol. The first kappa shape index (κ1) is 16.8. The molecule has 0 N–H and O–H groups in total. The topological polar surface area (TPSA) is 58.7 Å². The van der Waals surface area contributed by atoms with Crippen LogP contribution in [0.5, 0.6) is 0 Å². The number of benzene rings is 1. The summed E-state index contributed by atoms with van der Waals surface area (Å²) in [5, 5.41) is 0. The molecule has 2 atom stereocenters. The Morgan fingerprint density at radius 1 is 1.07 bits per heavy atom. The predicted octanol–water partition coefficient (Wildman–Crippen LogP) is 2.94. The Morgan fingerprint density at radius 3 is 2.61 bits per heavy atom. The van der Waals surface area contributed by atoms with Crippen LogP contribution in [0.2, 0.25) is 0 Å². The van der Waals surface area contributed by atoms with Crippen molar-refractivity contribution >= 4 is 11.8 Å². The molecule has 2 aliphatic rings. The van der Waals surface area contributed by atoms with E-state index in [-0.39, 0.29) is 29.7 Å². The van der Waals surface area contributed by atoms with Gasteiger partial charge in [-0.2, -0.15) is 0 Å². The normalized spacial score (nSPS) is 21.0. The fourth-order valence-electron chi connectivity index (χ4n) is 4.21. The van der Waals surface area contributed by atoms with Crippen molar-refractivity contribution in [3.8, 4) is 0 Å². The maximum Gasteiger partial charge on any atom is 0.289 e. The highest BCUT2D eigenvalue weighted by molar-refractivity contribution is 5.95. The molecule has 1 fully saturated rings. The molecule has 6 nitrogen and oxygen atoms in total. The van der Waals surface area contributed by atoms with E-state index in [1.54, 1.807) is 40.1 Å². The van der Waals surface area contributed by atoms with Crippen molar-refractivity contribution < 1.29 is 18.4 Å². The van der Waals surface area contributed by atoms with E-state index in [0.717, 1.165) is 5.56 Å². The number of amides is 2. The number of aromatic nitrogens is 1. The van der Waals surface area contributed by atoms with Crippen LogP contribution in [0.4, 0.5) is 4.39 Å². The molecule has 0 spiro atoms. The molecule has 0 radical (unpaired) electrons. The molecule has 0 bridgehead atoms. The quantitative estimate of drug-likeness (QED) is 0.703. The van der Waals surface area contributed by atoms with Crippen LogP contribution in [-0.2, 0) is 6.54 Å². The third-order valence-electron chi connectivity index (χ3n) is 5.56. The van der Waals surface area contributed by atoms with Gasteiger partial charge in [0.2, 0.25) is 0 Å². The van der Waals surface area contributed by atoms with Crippen molar-refractivity contribution in [1.82, 2.24) is 14.4 Å². The fraction of sp³-hybridized carbons (Fsp3) is 0.238. The van der Waals surface area contributed by atoms with Gasteiger partial charge in [0.05, 0.1) is 18.3 Å². The van der Waals surface area contributed by atoms with E-state index < -0.39 is 0 Å². The van der Waals surface area contributed by atoms with E-state index in [4.69, 9.17) is 4.42 Å². The number of halogens is 1. The predicted molar refractivity (Wildman–Crippen MR) is 98.1 cm³/mol. The number of nitrogens with zero attached hydrogens (tertiary/aromatic N) is 3. The number of hydrogen-bond donors (Lipinski definition) is 0. The fourth-order valence-corrected chi connectivity index (χ4v) is 4.21. The monoisotopic (exact) mass is 379 g/mol. The van der Waals surface area contributed by atoms with Crippen LogP contribution < -0.4 is 0 Å². The smallest absolute Gasteiger partial charge is 0.289 e. The Kier molecular flexibility index (Phi) is 3.82. The van der Waals surface area contributed by atoms with Gasteiger partial charge in [0, 0.05) is 25.8 Å². The molecule has 1 saturated heterocycles. The Balaban J connectivity index is 1.47. The second-order valence-corrected chi connectivity index (χ2v) is 7.18. The average Bonchev–Trinajstić information content (AvgIpc) is 3.45. The molecular formula is C21H18FN3O3. The van der Waals surface area contributed by atoms with Gasteiger partial charge < -0.3 is 18.8 Å². The molecule has 142 valence electrons. The van der Waals surface area contributed by atoms with Crippen molar-refractivity contribution in [2.24, 2.45) is 0 Å². The zero-order valence-corrected chi connectivity index (χ0v) is 15.0. The van der Waals surface area contributed by atoms with Crippen molar-refractivity contribution in [1.29, 1.82) is 0 Å². The third-order valence-corrected chi connectivity index (χ3v) is 5.56. The number of carbonyl (C=O) groups excluding carboxylic acids is 2. The van der Waals surface area contributed by atoms with E-state index in [0.29, 0.717) is 31.1 Å². The lowest BCUT2D eigenvalue weighted by Gasteiger charge is -2.38. The van der Waals surface area contributed by atoms with Crippen LogP contribution in [0.25, 0.3) is 0 Å². The first-order chi connectivity index (χ1) is 13.6. The summed E-state index contributed by atoms with van der Waals surface area (Å²) in [7, 11) is 0. The molecule has 0 aliphatic carbocycles. The maximum absolute atomic E-state index is 13.3. The summed E-state index contributed by atoms with van der Waals surface area (Å²) in [6, 6.07) is 13.0. The van der Waals surface area contributed by atoms with Gasteiger partial charge in [-0.3, -0.25) is 9.59 Å². The van der Waals surface area contributed by atoms with Gasteiger partial charge in [0.15, 0.2) is 5.76 Å². The van der Waals surface area contributed by atoms with Crippen LogP contribution in [0.15, 0.2) is 65.4 Å². The highest BCUT2D eigenvalue weighted by Crippen LogP contribution is 2.35. The largest absolute Gasteiger partial charge is 0.459 e. The van der Waals surface area contributed by atoms with Crippen LogP contribution in [0.3, 0.4) is 0 Å². The minimum atomic E-state index is -0.309. The second-order valence-electron chi connectivity index (χ2n) is 7.18. The van der Waals surface area contributed by atoms with Gasteiger partial charge in [-0.15, -0.1) is 0 Å². The Labute approximate surface area is 160 Å². The van der Waals surface area contributed by atoms with Gasteiger partial charge >= 0.3 is 0 Å². The minimum absolute atomic E-state index is 0.0259. The number of likely N-dealkylation sites (tertiary alicyclic amines) is 1. The number of furan rings is 1. The number of rotatable bonds is 3. The zero-order valence-electron chi connectivity index (χ0n) is 15.0. The molecule has 3 aromatic rings. The van der Waals surface area contributed by atoms with Crippen LogP contribution in [-0.4, -0.2) is 45.3 Å². The molecule has 7 heteroatoms. The minimum Gasteiger partial charge on any atom is -0.459 e. The summed E-state index contributed by atoms with van der Waals surface area (Å²) in [5.74, 6) is -0.274. The van der Waals surface area contributed by atoms with Gasteiger partial charge in [0.25, 0.3) is 11.8 Å². The van der Waals surface area contributed by atoms with E-state index in [2.05, 4.69) is 0 Å². The first-order valence-corrected chi connectivity index (χ1v) is 9.17. The summed E-state index contributed by atoms with van der Waals surface area (Å²) < 4.78 is 20.5. The van der Waals surface area contributed by atoms with Crippen LogP contribution in [0, 0.1) is 5.82 Å². The van der Waals surface area contributed by atoms with E-state index in [1.807, 2.05) is 16.8 Å². The van der Waals surface area contributed by atoms with E-state index in [9.17, 15) is 14.0 Å². The molecule has 0 saturated carbocycles. The van der Waals surface area contributed by atoms with Crippen molar-refractivity contribution in [3.63, 3.8) is 0 Å². The van der Waals surface area contributed by atoms with Crippen LogP contribution >= 0.6 is 0 Å². The molecule has 4 heterocycles. The third kappa shape index (κ3) is 2.62. The number of carbonyl (C=O) groups is 2. The van der Waals surface area contributed by atoms with Gasteiger partial charge in [-0.25, -0.2) is 4.39 Å². The van der Waals surface area contributed by atoms with Gasteiger partial charge in [0.1, 0.15) is 11.5 Å². The number of fused-ring (bicyclic) bond motifs is 3. The van der Waals surface area contributed by atoms with Crippen molar-refractivity contribution in [2.45, 2.75) is 18.6 Å². The lowest BCUT2D eigenvalue weighted by molar-refractivity contribution is 0.0549. The molecule has 5 rings (SSSR count). The lowest BCUT2D eigenvalue weighted by Crippen LogP contribution is -2.49. The van der Waals surface area contributed by atoms with Crippen LogP contribution in [0.1, 0.15) is 32.6 Å². The summed E-state index contributed by atoms with van der Waals surface area (Å²) in [5.41, 5.74) is 1.46. The standard InChI is InChI=1S/C21H18FN3O3/c22-15-7-5-14(6-8-15)11-25-18-13-23(21(27)19-4-2-10-28-19)12-17(18)24-9-1-3-16(24)20(25)26/h1-10,17-18H,11-13H2/t17-,18+/m0/s1. The Hall–Kier alpha value is -3.35. The molecular weight excluding hydrogens is 361 g/mol. The van der Waals surface area contributed by atoms with Gasteiger partial charge in [-0.1, -0.05) is 12.1 Å². The summed E-state index contributed by atoms with van der Waals surface area (Å²) in [4.78, 5) is 29.4. The Morgan fingerprint density at radius 2 is 1.86 bits per heavy atom. The lowest BCUT2D eigenvalue weighted by atomic mass is 10.0.